The van der Waals surface area contributed by atoms with Gasteiger partial charge in [-0.15, -0.1) is 0 Å². The second-order valence-corrected chi connectivity index (χ2v) is 5.95. The molecule has 1 amide bonds. The summed E-state index contributed by atoms with van der Waals surface area (Å²) in [6.07, 6.45) is 1.74. The summed E-state index contributed by atoms with van der Waals surface area (Å²) in [5.74, 6) is -0.0221. The zero-order valence-electron chi connectivity index (χ0n) is 12.1. The number of carbonyl (C=O) groups is 1. The van der Waals surface area contributed by atoms with E-state index in [1.807, 2.05) is 18.2 Å². The number of hydrogen-bond donors (Lipinski definition) is 0. The maximum Gasteiger partial charge on any atom is 0.387 e. The van der Waals surface area contributed by atoms with Crippen LogP contribution in [0.4, 0.5) is 14.5 Å². The zero-order valence-corrected chi connectivity index (χ0v) is 13.7. The lowest BCUT2D eigenvalue weighted by atomic mass is 10.0. The molecule has 0 saturated heterocycles. The van der Waals surface area contributed by atoms with Gasteiger partial charge in [0.1, 0.15) is 5.75 Å². The van der Waals surface area contributed by atoms with Crippen LogP contribution in [-0.2, 0) is 4.79 Å². The number of nitrogens with zero attached hydrogens (tertiary/aromatic N) is 1. The van der Waals surface area contributed by atoms with E-state index >= 15 is 0 Å². The number of carbonyl (C=O) groups excluding carboxylic acids is 1. The quantitative estimate of drug-likeness (QED) is 0.731. The van der Waals surface area contributed by atoms with Gasteiger partial charge in [-0.3, -0.25) is 4.79 Å². The summed E-state index contributed by atoms with van der Waals surface area (Å²) in [5, 5.41) is 0. The van der Waals surface area contributed by atoms with Crippen LogP contribution in [-0.4, -0.2) is 19.6 Å². The van der Waals surface area contributed by atoms with Crippen LogP contribution in [0.5, 0.6) is 5.75 Å². The molecule has 2 aromatic rings. The Kier molecular flexibility index (Phi) is 4.17. The van der Waals surface area contributed by atoms with Crippen molar-refractivity contribution in [2.45, 2.75) is 6.61 Å². The number of likely N-dealkylation sites (N-methyl/N-ethyl adjacent to an activating group) is 1. The van der Waals surface area contributed by atoms with Gasteiger partial charge in [-0.05, 0) is 42.0 Å². The summed E-state index contributed by atoms with van der Waals surface area (Å²) in [4.78, 5) is 14.0. The van der Waals surface area contributed by atoms with E-state index in [0.29, 0.717) is 5.57 Å². The van der Waals surface area contributed by atoms with Crippen LogP contribution in [0.1, 0.15) is 11.1 Å². The van der Waals surface area contributed by atoms with Gasteiger partial charge >= 0.3 is 6.61 Å². The van der Waals surface area contributed by atoms with Crippen LogP contribution >= 0.6 is 15.9 Å². The number of halogens is 3. The Bertz CT molecular complexity index is 788. The Hall–Kier alpha value is -2.21. The third-order valence-corrected chi connectivity index (χ3v) is 4.05. The molecule has 1 heterocycles. The number of benzene rings is 2. The summed E-state index contributed by atoms with van der Waals surface area (Å²) >= 11 is 3.41. The van der Waals surface area contributed by atoms with Gasteiger partial charge in [-0.2, -0.15) is 8.78 Å². The van der Waals surface area contributed by atoms with Gasteiger partial charge in [0.05, 0.1) is 5.69 Å². The molecule has 118 valence electrons. The summed E-state index contributed by atoms with van der Waals surface area (Å²) in [6, 6.07) is 11.8. The van der Waals surface area contributed by atoms with Gasteiger partial charge in [0.2, 0.25) is 0 Å². The molecule has 0 bridgehead atoms. The van der Waals surface area contributed by atoms with Crippen LogP contribution in [0.2, 0.25) is 0 Å². The molecule has 23 heavy (non-hydrogen) atoms. The third kappa shape index (κ3) is 3.12. The molecule has 0 aliphatic carbocycles. The average Bonchev–Trinajstić information content (AvgIpc) is 2.73. The lowest BCUT2D eigenvalue weighted by molar-refractivity contribution is -0.112. The summed E-state index contributed by atoms with van der Waals surface area (Å²) < 4.78 is 29.5. The number of amides is 1. The van der Waals surface area contributed by atoms with Gasteiger partial charge < -0.3 is 9.64 Å². The van der Waals surface area contributed by atoms with Crippen molar-refractivity contribution in [2.24, 2.45) is 0 Å². The monoisotopic (exact) mass is 379 g/mol. The van der Waals surface area contributed by atoms with Crippen molar-refractivity contribution in [3.05, 3.63) is 58.1 Å². The van der Waals surface area contributed by atoms with E-state index in [2.05, 4.69) is 20.7 Å². The first-order valence-electron chi connectivity index (χ1n) is 6.80. The topological polar surface area (TPSA) is 29.5 Å². The molecule has 2 aromatic carbocycles. The number of alkyl halides is 2. The third-order valence-electron chi connectivity index (χ3n) is 3.56. The number of hydrogen-bond acceptors (Lipinski definition) is 2. The fourth-order valence-electron chi connectivity index (χ4n) is 2.47. The predicted octanol–water partition coefficient (Wildman–Crippen LogP) is 4.57. The molecular formula is C17H12BrF2NO2. The molecule has 1 aliphatic rings. The summed E-state index contributed by atoms with van der Waals surface area (Å²) in [7, 11) is 1.72. The highest BCUT2D eigenvalue weighted by Crippen LogP contribution is 2.38. The standard InChI is InChI=1S/C17H12BrF2NO2/c1-21-15-7-4-11(18)9-13(15)14(16(21)22)8-10-2-5-12(6-3-10)23-17(19)20/h2-9,17H,1H3/b14-8-. The van der Waals surface area contributed by atoms with Crippen molar-refractivity contribution in [3.8, 4) is 5.75 Å². The molecule has 0 spiro atoms. The minimum atomic E-state index is -2.85. The Morgan fingerprint density at radius 3 is 2.52 bits per heavy atom. The molecule has 3 nitrogen and oxygen atoms in total. The van der Waals surface area contributed by atoms with E-state index in [0.717, 1.165) is 21.3 Å². The highest BCUT2D eigenvalue weighted by Gasteiger charge is 2.29. The molecule has 3 rings (SSSR count). The Balaban J connectivity index is 1.97. The molecule has 0 unspecified atom stereocenters. The van der Waals surface area contributed by atoms with Crippen LogP contribution < -0.4 is 9.64 Å². The second kappa shape index (κ2) is 6.12. The van der Waals surface area contributed by atoms with Gasteiger partial charge in [-0.25, -0.2) is 0 Å². The zero-order chi connectivity index (χ0) is 16.6. The van der Waals surface area contributed by atoms with Crippen LogP contribution in [0.25, 0.3) is 11.6 Å². The highest BCUT2D eigenvalue weighted by atomic mass is 79.9. The Morgan fingerprint density at radius 2 is 1.87 bits per heavy atom. The summed E-state index contributed by atoms with van der Waals surface area (Å²) in [5.41, 5.74) is 2.96. The van der Waals surface area contributed by atoms with Gasteiger partial charge in [0.25, 0.3) is 5.91 Å². The van der Waals surface area contributed by atoms with Gasteiger partial charge in [0.15, 0.2) is 0 Å². The van der Waals surface area contributed by atoms with Crippen molar-refractivity contribution in [2.75, 3.05) is 11.9 Å². The van der Waals surface area contributed by atoms with Crippen LogP contribution in [0.3, 0.4) is 0 Å². The Labute approximate surface area is 140 Å². The fraction of sp³-hybridized carbons (Fsp3) is 0.118. The second-order valence-electron chi connectivity index (χ2n) is 5.03. The normalized spacial score (nSPS) is 15.4. The first-order chi connectivity index (χ1) is 11.0. The number of ether oxygens (including phenoxy) is 1. The maximum absolute atomic E-state index is 12.4. The smallest absolute Gasteiger partial charge is 0.387 e. The van der Waals surface area contributed by atoms with Crippen molar-refractivity contribution in [3.63, 3.8) is 0 Å². The van der Waals surface area contributed by atoms with Gasteiger partial charge in [-0.1, -0.05) is 28.1 Å². The molecular weight excluding hydrogens is 368 g/mol. The highest BCUT2D eigenvalue weighted by molar-refractivity contribution is 9.10. The largest absolute Gasteiger partial charge is 0.435 e. The minimum absolute atomic E-state index is 0.0835. The van der Waals surface area contributed by atoms with Crippen molar-refractivity contribution in [1.82, 2.24) is 0 Å². The van der Waals surface area contributed by atoms with E-state index < -0.39 is 6.61 Å². The number of rotatable bonds is 3. The van der Waals surface area contributed by atoms with Crippen molar-refractivity contribution >= 4 is 39.2 Å². The molecule has 0 radical (unpaired) electrons. The fourth-order valence-corrected chi connectivity index (χ4v) is 2.83. The number of anilines is 1. The molecule has 0 fully saturated rings. The van der Waals surface area contributed by atoms with E-state index in [9.17, 15) is 13.6 Å². The summed E-state index contributed by atoms with van der Waals surface area (Å²) in [6.45, 7) is -2.85. The van der Waals surface area contributed by atoms with Crippen LogP contribution in [0, 0.1) is 0 Å². The van der Waals surface area contributed by atoms with E-state index in [1.165, 1.54) is 12.1 Å². The predicted molar refractivity (Wildman–Crippen MR) is 88.5 cm³/mol. The molecule has 6 heteroatoms. The molecule has 0 atom stereocenters. The van der Waals surface area contributed by atoms with E-state index in [-0.39, 0.29) is 11.7 Å². The molecule has 0 saturated carbocycles. The maximum atomic E-state index is 12.4. The lowest BCUT2D eigenvalue weighted by Crippen LogP contribution is -2.20. The first-order valence-corrected chi connectivity index (χ1v) is 7.59. The van der Waals surface area contributed by atoms with Crippen molar-refractivity contribution < 1.29 is 18.3 Å². The number of fused-ring (bicyclic) bond motifs is 1. The minimum Gasteiger partial charge on any atom is -0.435 e. The lowest BCUT2D eigenvalue weighted by Gasteiger charge is -2.08. The average molecular weight is 380 g/mol. The SMILES string of the molecule is CN1C(=O)/C(=C\c2ccc(OC(F)F)cc2)c2cc(Br)ccc21. The van der Waals surface area contributed by atoms with Crippen molar-refractivity contribution in [1.29, 1.82) is 0 Å². The molecule has 0 aromatic heterocycles. The van der Waals surface area contributed by atoms with E-state index in [4.69, 9.17) is 0 Å². The van der Waals surface area contributed by atoms with Crippen LogP contribution in [0.15, 0.2) is 46.9 Å². The Morgan fingerprint density at radius 1 is 1.17 bits per heavy atom. The molecule has 1 aliphatic heterocycles. The van der Waals surface area contributed by atoms with E-state index in [1.54, 1.807) is 30.2 Å². The van der Waals surface area contributed by atoms with Gasteiger partial charge in [0, 0.05) is 22.7 Å². The first kappa shape index (κ1) is 15.7. The molecule has 0 N–H and O–H groups in total.